The number of aryl methyl sites for hydroxylation is 1. The van der Waals surface area contributed by atoms with Crippen LogP contribution in [0.15, 0.2) is 115 Å². The molecule has 176 valence electrons. The van der Waals surface area contributed by atoms with Crippen molar-refractivity contribution in [1.82, 2.24) is 0 Å². The molecule has 7 aromatic rings. The van der Waals surface area contributed by atoms with Gasteiger partial charge in [-0.2, -0.15) is 0 Å². The normalized spacial score (nSPS) is 11.9. The van der Waals surface area contributed by atoms with Crippen molar-refractivity contribution in [3.8, 4) is 22.3 Å². The first-order chi connectivity index (χ1) is 18.2. The van der Waals surface area contributed by atoms with Gasteiger partial charge in [-0.15, -0.1) is 11.3 Å². The maximum atomic E-state index is 2.38. The monoisotopic (exact) mass is 490 g/mol. The highest BCUT2D eigenvalue weighted by molar-refractivity contribution is 7.20. The summed E-state index contributed by atoms with van der Waals surface area (Å²) in [7, 11) is 0. The summed E-state index contributed by atoms with van der Waals surface area (Å²) in [5.41, 5.74) is 6.43. The number of rotatable bonds is 3. The second-order valence-electron chi connectivity index (χ2n) is 9.71. The van der Waals surface area contributed by atoms with Crippen molar-refractivity contribution in [2.75, 3.05) is 0 Å². The molecule has 0 saturated carbocycles. The Morgan fingerprint density at radius 1 is 0.514 bits per heavy atom. The van der Waals surface area contributed by atoms with Crippen LogP contribution >= 0.6 is 11.3 Å². The number of hydrogen-bond acceptors (Lipinski definition) is 1. The van der Waals surface area contributed by atoms with Crippen LogP contribution in [0.5, 0.6) is 0 Å². The SMILES string of the molecule is C/C=C\c1sc2c(-c3cccc(-c4ccc5c6ccccc6c6ccccc6c5c4)c3)cccc2c1C. The predicted octanol–water partition coefficient (Wildman–Crippen LogP) is 11.0. The predicted molar refractivity (Wildman–Crippen MR) is 165 cm³/mol. The molecule has 0 saturated heterocycles. The molecular formula is C36H26S. The molecule has 0 aliphatic carbocycles. The topological polar surface area (TPSA) is 0 Å². The van der Waals surface area contributed by atoms with Crippen molar-refractivity contribution in [1.29, 1.82) is 0 Å². The van der Waals surface area contributed by atoms with Crippen molar-refractivity contribution in [2.45, 2.75) is 13.8 Å². The van der Waals surface area contributed by atoms with Crippen molar-refractivity contribution in [2.24, 2.45) is 0 Å². The second-order valence-corrected chi connectivity index (χ2v) is 10.8. The summed E-state index contributed by atoms with van der Waals surface area (Å²) >= 11 is 1.89. The van der Waals surface area contributed by atoms with Crippen LogP contribution in [-0.2, 0) is 0 Å². The van der Waals surface area contributed by atoms with Crippen molar-refractivity contribution >= 4 is 59.8 Å². The number of thiophene rings is 1. The minimum atomic E-state index is 1.25. The lowest BCUT2D eigenvalue weighted by molar-refractivity contribution is 1.57. The maximum Gasteiger partial charge on any atom is 0.0430 e. The Bertz CT molecular complexity index is 1970. The quantitative estimate of drug-likeness (QED) is 0.216. The fourth-order valence-electron chi connectivity index (χ4n) is 5.75. The van der Waals surface area contributed by atoms with Crippen LogP contribution in [0.2, 0.25) is 0 Å². The van der Waals surface area contributed by atoms with Gasteiger partial charge in [0.1, 0.15) is 0 Å². The molecule has 7 rings (SSSR count). The fourth-order valence-corrected chi connectivity index (χ4v) is 7.07. The van der Waals surface area contributed by atoms with E-state index in [9.17, 15) is 0 Å². The van der Waals surface area contributed by atoms with E-state index in [2.05, 4.69) is 135 Å². The van der Waals surface area contributed by atoms with Crippen LogP contribution in [-0.4, -0.2) is 0 Å². The zero-order valence-corrected chi connectivity index (χ0v) is 21.8. The second kappa shape index (κ2) is 8.73. The number of hydrogen-bond donors (Lipinski definition) is 0. The molecule has 1 heterocycles. The standard InChI is InChI=1S/C36H26S/c1-3-10-35-23(2)27-17-9-18-28(36(27)37-35)26-12-8-11-24(21-26)25-19-20-33-31-15-5-4-13-29(31)30-14-6-7-16-32(30)34(33)22-25/h3-22H,1-2H3/b10-3-. The minimum Gasteiger partial charge on any atom is -0.135 e. The van der Waals surface area contributed by atoms with Gasteiger partial charge in [0.2, 0.25) is 0 Å². The molecule has 6 aromatic carbocycles. The largest absolute Gasteiger partial charge is 0.135 e. The molecule has 0 atom stereocenters. The highest BCUT2D eigenvalue weighted by Gasteiger charge is 2.13. The van der Waals surface area contributed by atoms with E-state index < -0.39 is 0 Å². The Kier molecular flexibility index (Phi) is 5.20. The summed E-state index contributed by atoms with van der Waals surface area (Å²) in [6.07, 6.45) is 4.36. The van der Waals surface area contributed by atoms with Gasteiger partial charge in [-0.3, -0.25) is 0 Å². The number of fused-ring (bicyclic) bond motifs is 7. The van der Waals surface area contributed by atoms with E-state index in [1.54, 1.807) is 0 Å². The molecule has 0 spiro atoms. The maximum absolute atomic E-state index is 2.38. The van der Waals surface area contributed by atoms with E-state index in [1.165, 1.54) is 75.1 Å². The molecule has 0 bridgehead atoms. The smallest absolute Gasteiger partial charge is 0.0430 e. The van der Waals surface area contributed by atoms with Gasteiger partial charge in [-0.1, -0.05) is 103 Å². The molecule has 1 heteroatoms. The Balaban J connectivity index is 1.43. The summed E-state index contributed by atoms with van der Waals surface area (Å²) < 4.78 is 1.36. The lowest BCUT2D eigenvalue weighted by atomic mass is 9.91. The molecular weight excluding hydrogens is 464 g/mol. The first-order valence-corrected chi connectivity index (χ1v) is 13.6. The van der Waals surface area contributed by atoms with Crippen molar-refractivity contribution in [3.05, 3.63) is 126 Å². The van der Waals surface area contributed by atoms with E-state index in [0.717, 1.165) is 0 Å². The van der Waals surface area contributed by atoms with Crippen molar-refractivity contribution in [3.63, 3.8) is 0 Å². The van der Waals surface area contributed by atoms with Gasteiger partial charge in [0.05, 0.1) is 0 Å². The van der Waals surface area contributed by atoms with Crippen LogP contribution in [0.1, 0.15) is 17.4 Å². The third-order valence-corrected chi connectivity index (χ3v) is 8.88. The van der Waals surface area contributed by atoms with Crippen LogP contribution < -0.4 is 0 Å². The Hall–Kier alpha value is -4.20. The first-order valence-electron chi connectivity index (χ1n) is 12.8. The summed E-state index contributed by atoms with van der Waals surface area (Å²) in [6.45, 7) is 4.32. The molecule has 0 N–H and O–H groups in total. The van der Waals surface area contributed by atoms with Gasteiger partial charge in [0.25, 0.3) is 0 Å². The zero-order chi connectivity index (χ0) is 24.9. The molecule has 0 amide bonds. The van der Waals surface area contributed by atoms with Crippen LogP contribution in [0.25, 0.3) is 70.7 Å². The first kappa shape index (κ1) is 22.0. The average molecular weight is 491 g/mol. The minimum absolute atomic E-state index is 1.25. The van der Waals surface area contributed by atoms with E-state index in [1.807, 2.05) is 11.3 Å². The van der Waals surface area contributed by atoms with Crippen LogP contribution in [0.3, 0.4) is 0 Å². The molecule has 37 heavy (non-hydrogen) atoms. The van der Waals surface area contributed by atoms with E-state index in [0.29, 0.717) is 0 Å². The summed E-state index contributed by atoms with van der Waals surface area (Å²) in [5, 5.41) is 9.22. The van der Waals surface area contributed by atoms with Gasteiger partial charge in [-0.25, -0.2) is 0 Å². The highest BCUT2D eigenvalue weighted by Crippen LogP contribution is 2.41. The van der Waals surface area contributed by atoms with Crippen LogP contribution in [0.4, 0.5) is 0 Å². The van der Waals surface area contributed by atoms with Gasteiger partial charge >= 0.3 is 0 Å². The van der Waals surface area contributed by atoms with Gasteiger partial charge in [0.15, 0.2) is 0 Å². The van der Waals surface area contributed by atoms with Gasteiger partial charge in [0, 0.05) is 9.58 Å². The Morgan fingerprint density at radius 2 is 1.08 bits per heavy atom. The molecule has 0 aliphatic rings. The summed E-state index contributed by atoms with van der Waals surface area (Å²) in [5.74, 6) is 0. The molecule has 0 fully saturated rings. The Morgan fingerprint density at radius 3 is 1.78 bits per heavy atom. The third-order valence-electron chi connectivity index (χ3n) is 7.57. The zero-order valence-electron chi connectivity index (χ0n) is 21.0. The lowest BCUT2D eigenvalue weighted by Crippen LogP contribution is -1.86. The van der Waals surface area contributed by atoms with Crippen molar-refractivity contribution < 1.29 is 0 Å². The van der Waals surface area contributed by atoms with E-state index >= 15 is 0 Å². The van der Waals surface area contributed by atoms with E-state index in [-0.39, 0.29) is 0 Å². The highest BCUT2D eigenvalue weighted by atomic mass is 32.1. The number of allylic oxidation sites excluding steroid dienone is 1. The lowest BCUT2D eigenvalue weighted by Gasteiger charge is -2.12. The van der Waals surface area contributed by atoms with Gasteiger partial charge in [-0.05, 0) is 97.6 Å². The molecule has 0 aliphatic heterocycles. The summed E-state index contributed by atoms with van der Waals surface area (Å²) in [4.78, 5) is 1.34. The Labute approximate surface area is 221 Å². The van der Waals surface area contributed by atoms with E-state index in [4.69, 9.17) is 0 Å². The molecule has 1 aromatic heterocycles. The molecule has 0 nitrogen and oxygen atoms in total. The average Bonchev–Trinajstić information content (AvgIpc) is 3.28. The van der Waals surface area contributed by atoms with Gasteiger partial charge < -0.3 is 0 Å². The summed E-state index contributed by atoms with van der Waals surface area (Å²) in [6, 6.07) is 40.2. The fraction of sp³-hybridized carbons (Fsp3) is 0.0556. The molecule has 0 unspecified atom stereocenters. The number of benzene rings is 6. The van der Waals surface area contributed by atoms with Crippen LogP contribution in [0, 0.1) is 6.92 Å². The third kappa shape index (κ3) is 3.50. The molecule has 0 radical (unpaired) electrons.